The molecule has 7 nitrogen and oxygen atoms in total. The first-order valence-corrected chi connectivity index (χ1v) is 8.59. The van der Waals surface area contributed by atoms with Gasteiger partial charge in [-0.25, -0.2) is 14.1 Å². The minimum Gasteiger partial charge on any atom is -0.490 e. The zero-order valence-electron chi connectivity index (χ0n) is 13.5. The molecule has 0 spiro atoms. The summed E-state index contributed by atoms with van der Waals surface area (Å²) in [5.41, 5.74) is 0.803. The molecule has 0 bridgehead atoms. The van der Waals surface area contributed by atoms with Gasteiger partial charge in [-0.15, -0.1) is 0 Å². The molecule has 26 heavy (non-hydrogen) atoms. The molecule has 0 saturated carbocycles. The number of ether oxygens (including phenoxy) is 2. The summed E-state index contributed by atoms with van der Waals surface area (Å²) in [6.07, 6.45) is 2.10. The first kappa shape index (κ1) is 16.3. The van der Waals surface area contributed by atoms with Crippen LogP contribution in [0, 0.1) is 0 Å². The molecule has 132 valence electrons. The van der Waals surface area contributed by atoms with Crippen LogP contribution in [-0.2, 0) is 0 Å². The Balaban J connectivity index is 1.58. The summed E-state index contributed by atoms with van der Waals surface area (Å²) in [6.45, 7) is 0.605. The van der Waals surface area contributed by atoms with Gasteiger partial charge in [-0.1, -0.05) is 6.07 Å². The molecule has 4 rings (SSSR count). The van der Waals surface area contributed by atoms with Gasteiger partial charge in [-0.2, -0.15) is 0 Å². The molecular formula is C18H14N2O5S. The molecule has 0 fully saturated rings. The molecular weight excluding hydrogens is 356 g/mol. The summed E-state index contributed by atoms with van der Waals surface area (Å²) in [4.78, 5) is 16.1. The minimum atomic E-state index is -1.00. The molecule has 0 radical (unpaired) electrons. The maximum absolute atomic E-state index is 11.2. The molecule has 2 heterocycles. The lowest BCUT2D eigenvalue weighted by atomic mass is 10.2. The molecule has 1 aromatic heterocycles. The van der Waals surface area contributed by atoms with Crippen molar-refractivity contribution in [3.05, 3.63) is 54.9 Å². The minimum absolute atomic E-state index is 0.295. The van der Waals surface area contributed by atoms with Gasteiger partial charge in [-0.3, -0.25) is 0 Å². The van der Waals surface area contributed by atoms with Gasteiger partial charge in [0.15, 0.2) is 0 Å². The van der Waals surface area contributed by atoms with E-state index in [1.54, 1.807) is 24.4 Å². The Labute approximate surface area is 153 Å². The quantitative estimate of drug-likeness (QED) is 0.679. The van der Waals surface area contributed by atoms with Crippen molar-refractivity contribution in [3.63, 3.8) is 0 Å². The molecule has 1 amide bonds. The molecule has 3 aromatic rings. The predicted molar refractivity (Wildman–Crippen MR) is 94.5 cm³/mol. The highest BCUT2D eigenvalue weighted by Gasteiger charge is 2.21. The van der Waals surface area contributed by atoms with Crippen LogP contribution in [0.2, 0.25) is 0 Å². The number of rotatable bonds is 3. The number of hydrogen-bond donors (Lipinski definition) is 1. The van der Waals surface area contributed by atoms with E-state index >= 15 is 0 Å². The smallest absolute Gasteiger partial charge is 0.417 e. The Bertz CT molecular complexity index is 929. The van der Waals surface area contributed by atoms with E-state index < -0.39 is 6.09 Å². The third-order valence-electron chi connectivity index (χ3n) is 3.64. The normalized spacial score (nSPS) is 13.5. The van der Waals surface area contributed by atoms with E-state index in [4.69, 9.17) is 13.9 Å². The molecule has 0 atom stereocenters. The Morgan fingerprint density at radius 3 is 2.92 bits per heavy atom. The molecule has 1 aliphatic rings. The Kier molecular flexibility index (Phi) is 4.40. The summed E-state index contributed by atoms with van der Waals surface area (Å²) < 4.78 is 18.1. The van der Waals surface area contributed by atoms with Gasteiger partial charge in [0, 0.05) is 5.56 Å². The molecule has 0 aliphatic carbocycles. The highest BCUT2D eigenvalue weighted by atomic mass is 32.2. The molecule has 1 aliphatic heterocycles. The SMILES string of the molecule is O=C(O)N1CCOc2ccc(Oc3cccc(-c4ncco4)c3)cc2S1. The molecule has 8 heteroatoms. The van der Waals surface area contributed by atoms with Crippen molar-refractivity contribution in [1.29, 1.82) is 0 Å². The summed E-state index contributed by atoms with van der Waals surface area (Å²) >= 11 is 1.12. The van der Waals surface area contributed by atoms with Crippen LogP contribution in [-0.4, -0.2) is 33.6 Å². The van der Waals surface area contributed by atoms with Crippen molar-refractivity contribution in [3.8, 4) is 28.7 Å². The van der Waals surface area contributed by atoms with Crippen LogP contribution < -0.4 is 9.47 Å². The number of aromatic nitrogens is 1. The van der Waals surface area contributed by atoms with Crippen molar-refractivity contribution in [1.82, 2.24) is 9.29 Å². The zero-order chi connectivity index (χ0) is 17.9. The molecule has 1 N–H and O–H groups in total. The molecule has 2 aromatic carbocycles. The van der Waals surface area contributed by atoms with Gasteiger partial charge >= 0.3 is 6.09 Å². The second kappa shape index (κ2) is 7.01. The van der Waals surface area contributed by atoms with Gasteiger partial charge in [0.1, 0.15) is 30.1 Å². The molecule has 0 unspecified atom stereocenters. The van der Waals surface area contributed by atoms with E-state index in [0.717, 1.165) is 17.5 Å². The highest BCUT2D eigenvalue weighted by Crippen LogP contribution is 2.38. The van der Waals surface area contributed by atoms with E-state index in [9.17, 15) is 9.90 Å². The monoisotopic (exact) mass is 370 g/mol. The predicted octanol–water partition coefficient (Wildman–Crippen LogP) is 4.51. The Hall–Kier alpha value is -3.13. The fraction of sp³-hybridized carbons (Fsp3) is 0.111. The Morgan fingerprint density at radius 1 is 1.23 bits per heavy atom. The number of carboxylic acid groups (broad SMARTS) is 1. The van der Waals surface area contributed by atoms with Crippen LogP contribution in [0.3, 0.4) is 0 Å². The fourth-order valence-corrected chi connectivity index (χ4v) is 3.34. The number of oxazole rings is 1. The number of hydrogen-bond acceptors (Lipinski definition) is 6. The van der Waals surface area contributed by atoms with Crippen molar-refractivity contribution in [2.75, 3.05) is 13.2 Å². The fourth-order valence-electron chi connectivity index (χ4n) is 2.47. The summed E-state index contributed by atoms with van der Waals surface area (Å²) in [7, 11) is 0. The maximum Gasteiger partial charge on any atom is 0.417 e. The van der Waals surface area contributed by atoms with Crippen LogP contribution in [0.5, 0.6) is 17.2 Å². The first-order valence-electron chi connectivity index (χ1n) is 7.82. The standard InChI is InChI=1S/C18H14N2O5S/c21-18(22)20-7-9-23-15-5-4-14(11-16(15)26-20)25-13-3-1-2-12(10-13)17-19-6-8-24-17/h1-6,8,10-11H,7,9H2,(H,21,22). The lowest BCUT2D eigenvalue weighted by Gasteiger charge is -2.14. The average molecular weight is 370 g/mol. The van der Waals surface area contributed by atoms with Gasteiger partial charge in [-0.05, 0) is 48.3 Å². The van der Waals surface area contributed by atoms with Crippen LogP contribution in [0.15, 0.2) is 64.2 Å². The second-order valence-electron chi connectivity index (χ2n) is 5.40. The van der Waals surface area contributed by atoms with E-state index in [1.165, 1.54) is 10.6 Å². The highest BCUT2D eigenvalue weighted by molar-refractivity contribution is 7.97. The lowest BCUT2D eigenvalue weighted by molar-refractivity contribution is 0.170. The van der Waals surface area contributed by atoms with E-state index in [2.05, 4.69) is 4.98 Å². The van der Waals surface area contributed by atoms with Gasteiger partial charge in [0.25, 0.3) is 0 Å². The topological polar surface area (TPSA) is 85.0 Å². The number of nitrogens with zero attached hydrogens (tertiary/aromatic N) is 2. The number of benzene rings is 2. The van der Waals surface area contributed by atoms with Crippen molar-refractivity contribution in [2.24, 2.45) is 0 Å². The van der Waals surface area contributed by atoms with Gasteiger partial charge < -0.3 is 19.0 Å². The maximum atomic E-state index is 11.2. The summed E-state index contributed by atoms with van der Waals surface area (Å²) in [5.74, 6) is 2.35. The van der Waals surface area contributed by atoms with Crippen LogP contribution in [0.25, 0.3) is 11.5 Å². The van der Waals surface area contributed by atoms with Crippen molar-refractivity contribution < 1.29 is 23.8 Å². The Morgan fingerprint density at radius 2 is 2.12 bits per heavy atom. The van der Waals surface area contributed by atoms with E-state index in [1.807, 2.05) is 24.3 Å². The van der Waals surface area contributed by atoms with Crippen molar-refractivity contribution >= 4 is 18.0 Å². The summed E-state index contributed by atoms with van der Waals surface area (Å²) in [5, 5.41) is 9.22. The van der Waals surface area contributed by atoms with Crippen LogP contribution in [0.4, 0.5) is 4.79 Å². The van der Waals surface area contributed by atoms with Crippen LogP contribution in [0.1, 0.15) is 0 Å². The van der Waals surface area contributed by atoms with Gasteiger partial charge in [0.05, 0.1) is 17.6 Å². The third-order valence-corrected chi connectivity index (χ3v) is 4.71. The zero-order valence-corrected chi connectivity index (χ0v) is 14.3. The van der Waals surface area contributed by atoms with E-state index in [0.29, 0.717) is 41.2 Å². The number of amides is 1. The first-order chi connectivity index (χ1) is 12.7. The lowest BCUT2D eigenvalue weighted by Crippen LogP contribution is -2.25. The third kappa shape index (κ3) is 3.45. The number of carbonyl (C=O) groups is 1. The second-order valence-corrected chi connectivity index (χ2v) is 6.46. The largest absolute Gasteiger partial charge is 0.490 e. The van der Waals surface area contributed by atoms with Crippen molar-refractivity contribution in [2.45, 2.75) is 4.90 Å². The van der Waals surface area contributed by atoms with Crippen LogP contribution >= 0.6 is 11.9 Å². The van der Waals surface area contributed by atoms with Gasteiger partial charge in [0.2, 0.25) is 5.89 Å². The summed E-state index contributed by atoms with van der Waals surface area (Å²) in [6, 6.07) is 12.7. The number of fused-ring (bicyclic) bond motifs is 1. The average Bonchev–Trinajstić information content (AvgIpc) is 3.09. The van der Waals surface area contributed by atoms with E-state index in [-0.39, 0.29) is 0 Å². The molecule has 0 saturated heterocycles.